The molecule has 1 amide bonds. The zero-order chi connectivity index (χ0) is 14.0. The molecule has 19 heavy (non-hydrogen) atoms. The summed E-state index contributed by atoms with van der Waals surface area (Å²) in [6, 6.07) is 3.16. The molecular formula is C13H16N4OS. The van der Waals surface area contributed by atoms with Crippen LogP contribution in [-0.2, 0) is 0 Å². The van der Waals surface area contributed by atoms with Gasteiger partial charge in [-0.05, 0) is 32.9 Å². The molecule has 1 unspecified atom stereocenters. The highest BCUT2D eigenvalue weighted by molar-refractivity contribution is 7.11. The molecule has 0 saturated heterocycles. The highest BCUT2D eigenvalue weighted by atomic mass is 32.1. The molecule has 0 bridgehead atoms. The molecule has 2 aromatic rings. The van der Waals surface area contributed by atoms with E-state index in [1.807, 2.05) is 13.8 Å². The highest BCUT2D eigenvalue weighted by Gasteiger charge is 2.14. The van der Waals surface area contributed by atoms with Gasteiger partial charge in [0.25, 0.3) is 5.91 Å². The summed E-state index contributed by atoms with van der Waals surface area (Å²) in [6.07, 6.45) is 1.80. The van der Waals surface area contributed by atoms with E-state index in [1.54, 1.807) is 36.6 Å². The van der Waals surface area contributed by atoms with Gasteiger partial charge in [0.1, 0.15) is 10.8 Å². The third-order valence-electron chi connectivity index (χ3n) is 2.59. The Kier molecular flexibility index (Phi) is 3.80. The van der Waals surface area contributed by atoms with Crippen molar-refractivity contribution in [3.05, 3.63) is 39.5 Å². The monoisotopic (exact) mass is 276 g/mol. The maximum atomic E-state index is 12.1. The molecule has 0 spiro atoms. The lowest BCUT2D eigenvalue weighted by Gasteiger charge is -2.11. The second kappa shape index (κ2) is 5.36. The quantitative estimate of drug-likeness (QED) is 0.900. The largest absolute Gasteiger partial charge is 0.384 e. The number of hydrogen-bond acceptors (Lipinski definition) is 5. The third kappa shape index (κ3) is 3.29. The number of aromatic nitrogens is 2. The number of anilines is 1. The van der Waals surface area contributed by atoms with Gasteiger partial charge in [0.2, 0.25) is 0 Å². The van der Waals surface area contributed by atoms with E-state index in [9.17, 15) is 4.79 Å². The molecule has 6 heteroatoms. The van der Waals surface area contributed by atoms with Crippen molar-refractivity contribution in [3.8, 4) is 0 Å². The first-order valence-corrected chi connectivity index (χ1v) is 6.74. The van der Waals surface area contributed by atoms with Gasteiger partial charge >= 0.3 is 0 Å². The third-order valence-corrected chi connectivity index (χ3v) is 3.69. The van der Waals surface area contributed by atoms with Gasteiger partial charge in [-0.3, -0.25) is 4.79 Å². The Morgan fingerprint density at radius 2 is 2.16 bits per heavy atom. The molecular weight excluding hydrogens is 260 g/mol. The molecule has 0 fully saturated rings. The lowest BCUT2D eigenvalue weighted by molar-refractivity contribution is 0.0939. The van der Waals surface area contributed by atoms with Crippen molar-refractivity contribution in [1.29, 1.82) is 0 Å². The number of pyridine rings is 1. The lowest BCUT2D eigenvalue weighted by atomic mass is 10.2. The predicted octanol–water partition coefficient (Wildman–Crippen LogP) is 2.23. The molecule has 0 aliphatic heterocycles. The number of rotatable bonds is 3. The minimum absolute atomic E-state index is 0.124. The Bertz CT molecular complexity index is 588. The first-order valence-electron chi connectivity index (χ1n) is 5.93. The summed E-state index contributed by atoms with van der Waals surface area (Å²) in [5, 5.41) is 3.80. The van der Waals surface area contributed by atoms with Gasteiger partial charge in [0.15, 0.2) is 0 Å². The molecule has 0 aromatic carbocycles. The molecule has 100 valence electrons. The second-order valence-electron chi connectivity index (χ2n) is 4.43. The average Bonchev–Trinajstić information content (AvgIpc) is 2.74. The molecule has 2 heterocycles. The minimum atomic E-state index is -0.169. The van der Waals surface area contributed by atoms with Crippen LogP contribution in [0.25, 0.3) is 0 Å². The van der Waals surface area contributed by atoms with Crippen LogP contribution >= 0.6 is 11.3 Å². The van der Waals surface area contributed by atoms with Crippen molar-refractivity contribution in [1.82, 2.24) is 15.3 Å². The van der Waals surface area contributed by atoms with Crippen molar-refractivity contribution in [2.75, 3.05) is 5.73 Å². The van der Waals surface area contributed by atoms with E-state index in [2.05, 4.69) is 15.3 Å². The average molecular weight is 276 g/mol. The summed E-state index contributed by atoms with van der Waals surface area (Å²) in [7, 11) is 0. The molecule has 0 saturated carbocycles. The SMILES string of the molecule is Cc1cc(C(=O)NC(C)c2ncc(C)s2)cc(N)n1. The van der Waals surface area contributed by atoms with E-state index in [1.165, 1.54) is 0 Å². The van der Waals surface area contributed by atoms with Gasteiger partial charge in [0.05, 0.1) is 6.04 Å². The van der Waals surface area contributed by atoms with Crippen molar-refractivity contribution in [2.24, 2.45) is 0 Å². The maximum absolute atomic E-state index is 12.1. The van der Waals surface area contributed by atoms with Gasteiger partial charge in [-0.2, -0.15) is 0 Å². The maximum Gasteiger partial charge on any atom is 0.252 e. The summed E-state index contributed by atoms with van der Waals surface area (Å²) < 4.78 is 0. The fourth-order valence-electron chi connectivity index (χ4n) is 1.74. The summed E-state index contributed by atoms with van der Waals surface area (Å²) in [4.78, 5) is 21.6. The molecule has 2 aromatic heterocycles. The summed E-state index contributed by atoms with van der Waals surface area (Å²) in [6.45, 7) is 5.71. The zero-order valence-electron chi connectivity index (χ0n) is 11.1. The standard InChI is InChI=1S/C13H16N4OS/c1-7-4-10(5-11(14)16-7)12(18)17-9(3)13-15-6-8(2)19-13/h4-6,9H,1-3H3,(H2,14,16)(H,17,18). The normalized spacial score (nSPS) is 12.2. The van der Waals surface area contributed by atoms with Crippen molar-refractivity contribution >= 4 is 23.1 Å². The molecule has 3 N–H and O–H groups in total. The van der Waals surface area contributed by atoms with Crippen LogP contribution in [-0.4, -0.2) is 15.9 Å². The number of hydrogen-bond donors (Lipinski definition) is 2. The number of nitrogens with two attached hydrogens (primary N) is 1. The lowest BCUT2D eigenvalue weighted by Crippen LogP contribution is -2.26. The van der Waals surface area contributed by atoms with Crippen LogP contribution in [0.1, 0.15) is 38.9 Å². The number of nitrogens with one attached hydrogen (secondary N) is 1. The molecule has 5 nitrogen and oxygen atoms in total. The first kappa shape index (κ1) is 13.5. The summed E-state index contributed by atoms with van der Waals surface area (Å²) in [5.74, 6) is 0.181. The number of thiazole rings is 1. The number of nitrogens with zero attached hydrogens (tertiary/aromatic N) is 2. The van der Waals surface area contributed by atoms with Crippen LogP contribution in [0.5, 0.6) is 0 Å². The Morgan fingerprint density at radius 1 is 1.42 bits per heavy atom. The van der Waals surface area contributed by atoms with Gasteiger partial charge < -0.3 is 11.1 Å². The van der Waals surface area contributed by atoms with Crippen molar-refractivity contribution in [2.45, 2.75) is 26.8 Å². The first-order chi connectivity index (χ1) is 8.95. The molecule has 0 aliphatic carbocycles. The van der Waals surface area contributed by atoms with E-state index in [0.29, 0.717) is 11.4 Å². The predicted molar refractivity (Wildman–Crippen MR) is 76.1 cm³/mol. The Morgan fingerprint density at radius 3 is 2.74 bits per heavy atom. The summed E-state index contributed by atoms with van der Waals surface area (Å²) >= 11 is 1.58. The van der Waals surface area contributed by atoms with Crippen molar-refractivity contribution in [3.63, 3.8) is 0 Å². The fourth-order valence-corrected chi connectivity index (χ4v) is 2.52. The van der Waals surface area contributed by atoms with E-state index in [-0.39, 0.29) is 11.9 Å². The van der Waals surface area contributed by atoms with Gasteiger partial charge in [-0.15, -0.1) is 11.3 Å². The molecule has 1 atom stereocenters. The topological polar surface area (TPSA) is 80.9 Å². The van der Waals surface area contributed by atoms with Crippen LogP contribution in [0, 0.1) is 13.8 Å². The molecule has 2 rings (SSSR count). The van der Waals surface area contributed by atoms with E-state index >= 15 is 0 Å². The number of aryl methyl sites for hydroxylation is 2. The van der Waals surface area contributed by atoms with Crippen LogP contribution in [0.2, 0.25) is 0 Å². The highest BCUT2D eigenvalue weighted by Crippen LogP contribution is 2.19. The van der Waals surface area contributed by atoms with Crippen molar-refractivity contribution < 1.29 is 4.79 Å². The summed E-state index contributed by atoms with van der Waals surface area (Å²) in [5.41, 5.74) is 6.88. The Hall–Kier alpha value is -1.95. The molecule has 0 aliphatic rings. The van der Waals surface area contributed by atoms with E-state index in [4.69, 9.17) is 5.73 Å². The second-order valence-corrected chi connectivity index (χ2v) is 5.69. The fraction of sp³-hybridized carbons (Fsp3) is 0.308. The van der Waals surface area contributed by atoms with Crippen LogP contribution in [0.4, 0.5) is 5.82 Å². The van der Waals surface area contributed by atoms with Crippen LogP contribution in [0.3, 0.4) is 0 Å². The van der Waals surface area contributed by atoms with E-state index < -0.39 is 0 Å². The van der Waals surface area contributed by atoms with Gasteiger partial charge in [-0.25, -0.2) is 9.97 Å². The number of carbonyl (C=O) groups is 1. The Balaban J connectivity index is 2.12. The van der Waals surface area contributed by atoms with E-state index in [0.717, 1.165) is 15.6 Å². The van der Waals surface area contributed by atoms with Crippen LogP contribution < -0.4 is 11.1 Å². The van der Waals surface area contributed by atoms with Crippen LogP contribution in [0.15, 0.2) is 18.3 Å². The number of amides is 1. The molecule has 0 radical (unpaired) electrons. The van der Waals surface area contributed by atoms with Gasteiger partial charge in [0, 0.05) is 22.3 Å². The number of nitrogen functional groups attached to an aromatic ring is 1. The smallest absolute Gasteiger partial charge is 0.252 e. The zero-order valence-corrected chi connectivity index (χ0v) is 11.9. The Labute approximate surface area is 115 Å². The minimum Gasteiger partial charge on any atom is -0.384 e. The number of carbonyl (C=O) groups excluding carboxylic acids is 1. The van der Waals surface area contributed by atoms with Gasteiger partial charge in [-0.1, -0.05) is 0 Å².